The zero-order chi connectivity index (χ0) is 16.1. The lowest BCUT2D eigenvalue weighted by Gasteiger charge is -2.26. The fraction of sp³-hybridized carbons (Fsp3) is 0.316. The summed E-state index contributed by atoms with van der Waals surface area (Å²) in [6.07, 6.45) is 0. The van der Waals surface area contributed by atoms with Crippen molar-refractivity contribution >= 4 is 11.6 Å². The van der Waals surface area contributed by atoms with Crippen LogP contribution in [0, 0.1) is 0 Å². The number of carbonyl (C=O) groups excluding carboxylic acids is 1. The molecule has 3 rings (SSSR count). The fourth-order valence-corrected chi connectivity index (χ4v) is 3.02. The average Bonchev–Trinajstić information content (AvgIpc) is 2.58. The number of quaternary nitrogens is 2. The first-order valence-corrected chi connectivity index (χ1v) is 8.31. The van der Waals surface area contributed by atoms with Crippen LogP contribution in [0.15, 0.2) is 54.6 Å². The number of nitrogens with one attached hydrogen (secondary N) is 3. The Balaban J connectivity index is 1.55. The molecule has 2 aromatic rings. The number of piperazine rings is 1. The fourth-order valence-electron chi connectivity index (χ4n) is 3.02. The molecule has 0 saturated carbocycles. The summed E-state index contributed by atoms with van der Waals surface area (Å²) in [6, 6.07) is 18.3. The monoisotopic (exact) mass is 311 g/mol. The highest BCUT2D eigenvalue weighted by Gasteiger charge is 2.22. The molecule has 1 aliphatic heterocycles. The molecule has 0 radical (unpaired) electrons. The maximum atomic E-state index is 12.2. The van der Waals surface area contributed by atoms with E-state index in [2.05, 4.69) is 36.6 Å². The van der Waals surface area contributed by atoms with E-state index in [0.717, 1.165) is 37.4 Å². The second kappa shape index (κ2) is 7.40. The summed E-state index contributed by atoms with van der Waals surface area (Å²) in [5, 5.41) is 3.01. The summed E-state index contributed by atoms with van der Waals surface area (Å²) >= 11 is 0. The maximum absolute atomic E-state index is 12.2. The van der Waals surface area contributed by atoms with Crippen LogP contribution >= 0.6 is 0 Å². The summed E-state index contributed by atoms with van der Waals surface area (Å²) < 4.78 is 0. The molecule has 4 nitrogen and oxygen atoms in total. The molecular weight excluding hydrogens is 286 g/mol. The number of benzene rings is 2. The van der Waals surface area contributed by atoms with Gasteiger partial charge in [-0.25, -0.2) is 0 Å². The van der Waals surface area contributed by atoms with Gasteiger partial charge < -0.3 is 15.1 Å². The first kappa shape index (κ1) is 15.7. The van der Waals surface area contributed by atoms with Gasteiger partial charge in [0.1, 0.15) is 26.2 Å². The van der Waals surface area contributed by atoms with E-state index in [9.17, 15) is 4.79 Å². The van der Waals surface area contributed by atoms with Gasteiger partial charge in [0.05, 0.1) is 7.05 Å². The zero-order valence-corrected chi connectivity index (χ0v) is 13.6. The van der Waals surface area contributed by atoms with Gasteiger partial charge in [0.15, 0.2) is 6.54 Å². The van der Waals surface area contributed by atoms with Crippen molar-refractivity contribution in [2.24, 2.45) is 0 Å². The standard InChI is InChI=1S/C19H23N3O/c1-21-11-13-22(14-12-21)15-19(23)20-18-9-7-17(8-10-18)16-5-3-2-4-6-16/h2-10H,11-15H2,1H3,(H,20,23)/p+2. The lowest BCUT2D eigenvalue weighted by Crippen LogP contribution is -3.27. The van der Waals surface area contributed by atoms with E-state index in [4.69, 9.17) is 0 Å². The molecule has 0 atom stereocenters. The second-order valence-electron chi connectivity index (χ2n) is 6.38. The van der Waals surface area contributed by atoms with Crippen molar-refractivity contribution in [2.45, 2.75) is 0 Å². The summed E-state index contributed by atoms with van der Waals surface area (Å²) in [5.41, 5.74) is 3.22. The molecule has 2 aromatic carbocycles. The molecule has 1 heterocycles. The SMILES string of the molecule is C[NH+]1CC[NH+](CC(=O)Nc2ccc(-c3ccccc3)cc2)CC1. The van der Waals surface area contributed by atoms with Gasteiger partial charge in [-0.1, -0.05) is 42.5 Å². The first-order valence-electron chi connectivity index (χ1n) is 8.31. The van der Waals surface area contributed by atoms with Gasteiger partial charge in [-0.2, -0.15) is 0 Å². The van der Waals surface area contributed by atoms with Gasteiger partial charge in [-0.3, -0.25) is 4.79 Å². The van der Waals surface area contributed by atoms with Crippen LogP contribution in [0.25, 0.3) is 11.1 Å². The number of anilines is 1. The Morgan fingerprint density at radius 3 is 2.17 bits per heavy atom. The Labute approximate surface area is 137 Å². The quantitative estimate of drug-likeness (QED) is 0.713. The lowest BCUT2D eigenvalue weighted by molar-refractivity contribution is -0.999. The number of likely N-dealkylation sites (N-methyl/N-ethyl adjacent to an activating group) is 1. The van der Waals surface area contributed by atoms with Crippen molar-refractivity contribution in [2.75, 3.05) is 45.1 Å². The molecule has 1 amide bonds. The van der Waals surface area contributed by atoms with Gasteiger partial charge >= 0.3 is 0 Å². The summed E-state index contributed by atoms with van der Waals surface area (Å²) in [7, 11) is 2.21. The number of amides is 1. The molecule has 3 N–H and O–H groups in total. The smallest absolute Gasteiger partial charge is 0.279 e. The van der Waals surface area contributed by atoms with Crippen molar-refractivity contribution in [3.63, 3.8) is 0 Å². The Morgan fingerprint density at radius 2 is 1.52 bits per heavy atom. The van der Waals surface area contributed by atoms with Crippen LogP contribution in [-0.4, -0.2) is 45.7 Å². The summed E-state index contributed by atoms with van der Waals surface area (Å²) in [6.45, 7) is 5.01. The van der Waals surface area contributed by atoms with Crippen molar-refractivity contribution in [3.8, 4) is 11.1 Å². The molecule has 0 bridgehead atoms. The number of rotatable bonds is 4. The van der Waals surface area contributed by atoms with Crippen LogP contribution in [0.4, 0.5) is 5.69 Å². The van der Waals surface area contributed by atoms with E-state index < -0.39 is 0 Å². The average molecular weight is 311 g/mol. The molecule has 120 valence electrons. The van der Waals surface area contributed by atoms with Crippen LogP contribution in [0.1, 0.15) is 0 Å². The van der Waals surface area contributed by atoms with E-state index >= 15 is 0 Å². The Kier molecular flexibility index (Phi) is 5.05. The van der Waals surface area contributed by atoms with Crippen molar-refractivity contribution < 1.29 is 14.6 Å². The van der Waals surface area contributed by atoms with Crippen LogP contribution in [-0.2, 0) is 4.79 Å². The van der Waals surface area contributed by atoms with E-state index in [1.54, 1.807) is 4.90 Å². The highest BCUT2D eigenvalue weighted by molar-refractivity contribution is 5.91. The molecular formula is C19H25N3O+2. The predicted octanol–water partition coefficient (Wildman–Crippen LogP) is -0.295. The lowest BCUT2D eigenvalue weighted by atomic mass is 10.1. The Morgan fingerprint density at radius 1 is 0.913 bits per heavy atom. The number of hydrogen-bond acceptors (Lipinski definition) is 1. The minimum Gasteiger partial charge on any atom is -0.328 e. The van der Waals surface area contributed by atoms with E-state index in [1.165, 1.54) is 10.5 Å². The van der Waals surface area contributed by atoms with Gasteiger partial charge in [-0.05, 0) is 23.3 Å². The third kappa shape index (κ3) is 4.41. The van der Waals surface area contributed by atoms with Crippen LogP contribution in [0.2, 0.25) is 0 Å². The van der Waals surface area contributed by atoms with Crippen molar-refractivity contribution in [3.05, 3.63) is 54.6 Å². The molecule has 1 saturated heterocycles. The molecule has 0 unspecified atom stereocenters. The van der Waals surface area contributed by atoms with E-state index in [0.29, 0.717) is 6.54 Å². The molecule has 0 aliphatic carbocycles. The minimum absolute atomic E-state index is 0.104. The minimum atomic E-state index is 0.104. The molecule has 1 aliphatic rings. The van der Waals surface area contributed by atoms with E-state index in [-0.39, 0.29) is 5.91 Å². The van der Waals surface area contributed by atoms with Crippen molar-refractivity contribution in [1.29, 1.82) is 0 Å². The van der Waals surface area contributed by atoms with Gasteiger partial charge in [-0.15, -0.1) is 0 Å². The van der Waals surface area contributed by atoms with Crippen molar-refractivity contribution in [1.82, 2.24) is 0 Å². The molecule has 4 heteroatoms. The topological polar surface area (TPSA) is 38.0 Å². The maximum Gasteiger partial charge on any atom is 0.279 e. The number of carbonyl (C=O) groups is 1. The molecule has 1 fully saturated rings. The normalized spacial score (nSPS) is 20.9. The molecule has 23 heavy (non-hydrogen) atoms. The number of hydrogen-bond donors (Lipinski definition) is 3. The summed E-state index contributed by atoms with van der Waals surface area (Å²) in [5.74, 6) is 0.104. The highest BCUT2D eigenvalue weighted by Crippen LogP contribution is 2.20. The molecule has 0 aromatic heterocycles. The summed E-state index contributed by atoms with van der Waals surface area (Å²) in [4.78, 5) is 15.1. The van der Waals surface area contributed by atoms with Crippen LogP contribution < -0.4 is 15.1 Å². The van der Waals surface area contributed by atoms with Gasteiger partial charge in [0.25, 0.3) is 5.91 Å². The van der Waals surface area contributed by atoms with Gasteiger partial charge in [0, 0.05) is 5.69 Å². The first-order chi connectivity index (χ1) is 11.2. The molecule has 0 spiro atoms. The predicted molar refractivity (Wildman–Crippen MR) is 92.7 cm³/mol. The largest absolute Gasteiger partial charge is 0.328 e. The van der Waals surface area contributed by atoms with Crippen LogP contribution in [0.3, 0.4) is 0 Å². The third-order valence-electron chi connectivity index (χ3n) is 4.50. The van der Waals surface area contributed by atoms with E-state index in [1.807, 2.05) is 30.3 Å². The van der Waals surface area contributed by atoms with Gasteiger partial charge in [0.2, 0.25) is 0 Å². The highest BCUT2D eigenvalue weighted by atomic mass is 16.2. The Hall–Kier alpha value is -2.17. The zero-order valence-electron chi connectivity index (χ0n) is 13.6. The van der Waals surface area contributed by atoms with Crippen LogP contribution in [0.5, 0.6) is 0 Å². The Bertz CT molecular complexity index is 631. The third-order valence-corrected chi connectivity index (χ3v) is 4.50. The second-order valence-corrected chi connectivity index (χ2v) is 6.38.